The van der Waals surface area contributed by atoms with Gasteiger partial charge in [0.15, 0.2) is 0 Å². The van der Waals surface area contributed by atoms with Crippen LogP contribution in [0.1, 0.15) is 45.4 Å². The molecule has 0 unspecified atom stereocenters. The van der Waals surface area contributed by atoms with E-state index >= 15 is 0 Å². The molecule has 4 rings (SSSR count). The average Bonchev–Trinajstić information content (AvgIpc) is 2.33. The first-order chi connectivity index (χ1) is 8.78. The van der Waals surface area contributed by atoms with Crippen molar-refractivity contribution in [3.8, 4) is 0 Å². The lowest BCUT2D eigenvalue weighted by Crippen LogP contribution is -2.51. The average molecular weight is 247 g/mol. The highest BCUT2D eigenvalue weighted by Crippen LogP contribution is 2.56. The van der Waals surface area contributed by atoms with Crippen molar-refractivity contribution in [2.75, 3.05) is 6.54 Å². The zero-order valence-electron chi connectivity index (χ0n) is 11.4. The Hall–Kier alpha value is -0.790. The summed E-state index contributed by atoms with van der Waals surface area (Å²) >= 11 is 0. The van der Waals surface area contributed by atoms with Gasteiger partial charge in [-0.3, -0.25) is 4.79 Å². The molecule has 4 fully saturated rings. The minimum Gasteiger partial charge on any atom is -0.356 e. The summed E-state index contributed by atoms with van der Waals surface area (Å²) in [5, 5.41) is 3.16. The number of nitrogens with one attached hydrogen (secondary N) is 1. The van der Waals surface area contributed by atoms with E-state index in [1.165, 1.54) is 32.1 Å². The standard InChI is InChI=1S/C16H25NO/c1-2-3-4-5-17-16(18)15-13-7-11-6-12(9-13)10-14(15)8-11/h2-3,11-15H,4-10H2,1H3,(H,17,18)/b3-2+. The molecule has 2 heteroatoms. The molecule has 4 aliphatic rings. The molecule has 4 saturated carbocycles. The van der Waals surface area contributed by atoms with Crippen LogP contribution in [0.4, 0.5) is 0 Å². The molecule has 100 valence electrons. The van der Waals surface area contributed by atoms with Crippen LogP contribution in [0, 0.1) is 29.6 Å². The lowest BCUT2D eigenvalue weighted by molar-refractivity contribution is -0.138. The summed E-state index contributed by atoms with van der Waals surface area (Å²) < 4.78 is 0. The molecular formula is C16H25NO. The molecule has 18 heavy (non-hydrogen) atoms. The van der Waals surface area contributed by atoms with Crippen molar-refractivity contribution in [3.05, 3.63) is 12.2 Å². The van der Waals surface area contributed by atoms with Crippen molar-refractivity contribution in [3.63, 3.8) is 0 Å². The number of hydrogen-bond acceptors (Lipinski definition) is 1. The Balaban J connectivity index is 1.57. The molecule has 4 aliphatic carbocycles. The molecule has 0 aromatic carbocycles. The third-order valence-electron chi connectivity index (χ3n) is 5.38. The fourth-order valence-electron chi connectivity index (χ4n) is 4.92. The quantitative estimate of drug-likeness (QED) is 0.600. The van der Waals surface area contributed by atoms with E-state index in [0.717, 1.165) is 24.8 Å². The first-order valence-corrected chi connectivity index (χ1v) is 7.66. The molecule has 0 heterocycles. The second-order valence-electron chi connectivity index (χ2n) is 6.61. The lowest BCUT2D eigenvalue weighted by atomic mass is 9.51. The van der Waals surface area contributed by atoms with Gasteiger partial charge >= 0.3 is 0 Å². The van der Waals surface area contributed by atoms with Gasteiger partial charge in [-0.2, -0.15) is 0 Å². The van der Waals surface area contributed by atoms with E-state index in [4.69, 9.17) is 0 Å². The van der Waals surface area contributed by atoms with Gasteiger partial charge in [-0.15, -0.1) is 0 Å². The second-order valence-corrected chi connectivity index (χ2v) is 6.61. The van der Waals surface area contributed by atoms with Gasteiger partial charge in [0.2, 0.25) is 5.91 Å². The molecule has 0 spiro atoms. The van der Waals surface area contributed by atoms with Crippen LogP contribution < -0.4 is 5.32 Å². The summed E-state index contributed by atoms with van der Waals surface area (Å²) in [7, 11) is 0. The first kappa shape index (κ1) is 12.3. The Bertz CT molecular complexity index is 319. The van der Waals surface area contributed by atoms with Crippen LogP contribution in [0.15, 0.2) is 12.2 Å². The molecule has 0 atom stereocenters. The smallest absolute Gasteiger partial charge is 0.223 e. The van der Waals surface area contributed by atoms with Crippen LogP contribution in [0.2, 0.25) is 0 Å². The maximum Gasteiger partial charge on any atom is 0.223 e. The van der Waals surface area contributed by atoms with Gasteiger partial charge in [0.05, 0.1) is 0 Å². The normalized spacial score (nSPS) is 41.5. The molecule has 2 nitrogen and oxygen atoms in total. The molecular weight excluding hydrogens is 222 g/mol. The van der Waals surface area contributed by atoms with Crippen LogP contribution in [-0.4, -0.2) is 12.5 Å². The number of hydrogen-bond donors (Lipinski definition) is 1. The predicted molar refractivity (Wildman–Crippen MR) is 73.0 cm³/mol. The first-order valence-electron chi connectivity index (χ1n) is 7.66. The van der Waals surface area contributed by atoms with E-state index < -0.39 is 0 Å². The van der Waals surface area contributed by atoms with Gasteiger partial charge in [0.25, 0.3) is 0 Å². The van der Waals surface area contributed by atoms with Gasteiger partial charge < -0.3 is 5.32 Å². The van der Waals surface area contributed by atoms with Crippen molar-refractivity contribution in [1.29, 1.82) is 0 Å². The molecule has 0 aromatic rings. The Morgan fingerprint density at radius 2 is 1.72 bits per heavy atom. The van der Waals surface area contributed by atoms with Crippen LogP contribution in [0.3, 0.4) is 0 Å². The molecule has 1 amide bonds. The molecule has 0 aromatic heterocycles. The largest absolute Gasteiger partial charge is 0.356 e. The molecule has 0 aliphatic heterocycles. The van der Waals surface area contributed by atoms with Crippen LogP contribution in [-0.2, 0) is 4.79 Å². The van der Waals surface area contributed by atoms with Gasteiger partial charge in [0, 0.05) is 12.5 Å². The van der Waals surface area contributed by atoms with E-state index in [-0.39, 0.29) is 0 Å². The zero-order chi connectivity index (χ0) is 12.5. The summed E-state index contributed by atoms with van der Waals surface area (Å²) in [6.45, 7) is 2.84. The summed E-state index contributed by atoms with van der Waals surface area (Å²) in [4.78, 5) is 12.4. The second kappa shape index (κ2) is 5.07. The summed E-state index contributed by atoms with van der Waals surface area (Å²) in [5.41, 5.74) is 0. The Kier molecular flexibility index (Phi) is 3.45. The lowest BCUT2D eigenvalue weighted by Gasteiger charge is -2.53. The highest BCUT2D eigenvalue weighted by molar-refractivity contribution is 5.79. The van der Waals surface area contributed by atoms with Crippen molar-refractivity contribution in [1.82, 2.24) is 5.32 Å². The molecule has 4 bridgehead atoms. The number of rotatable bonds is 4. The van der Waals surface area contributed by atoms with Crippen LogP contribution in [0.5, 0.6) is 0 Å². The maximum absolute atomic E-state index is 12.4. The minimum atomic E-state index is 0.350. The summed E-state index contributed by atoms with van der Waals surface area (Å²) in [6, 6.07) is 0. The van der Waals surface area contributed by atoms with Gasteiger partial charge in [-0.05, 0) is 69.1 Å². The van der Waals surface area contributed by atoms with E-state index in [2.05, 4.69) is 17.5 Å². The number of amides is 1. The zero-order valence-corrected chi connectivity index (χ0v) is 11.4. The van der Waals surface area contributed by atoms with Crippen molar-refractivity contribution >= 4 is 5.91 Å². The Morgan fingerprint density at radius 3 is 2.28 bits per heavy atom. The van der Waals surface area contributed by atoms with E-state index in [9.17, 15) is 4.79 Å². The monoisotopic (exact) mass is 247 g/mol. The number of carbonyl (C=O) groups excluding carboxylic acids is 1. The van der Waals surface area contributed by atoms with E-state index in [1.807, 2.05) is 6.92 Å². The van der Waals surface area contributed by atoms with E-state index in [1.54, 1.807) is 0 Å². The van der Waals surface area contributed by atoms with Gasteiger partial charge in [-0.25, -0.2) is 0 Å². The Labute approximate surface area is 110 Å². The SMILES string of the molecule is C/C=C/CCNC(=O)C1C2CC3CC(C2)CC1C3. The predicted octanol–water partition coefficient (Wildman–Crippen LogP) is 3.14. The van der Waals surface area contributed by atoms with Crippen LogP contribution >= 0.6 is 0 Å². The maximum atomic E-state index is 12.4. The topological polar surface area (TPSA) is 29.1 Å². The Morgan fingerprint density at radius 1 is 1.11 bits per heavy atom. The van der Waals surface area contributed by atoms with Crippen molar-refractivity contribution in [2.45, 2.75) is 45.4 Å². The molecule has 0 radical (unpaired) electrons. The fraction of sp³-hybridized carbons (Fsp3) is 0.812. The third-order valence-corrected chi connectivity index (χ3v) is 5.38. The highest BCUT2D eigenvalue weighted by Gasteiger charge is 2.50. The van der Waals surface area contributed by atoms with Crippen molar-refractivity contribution in [2.24, 2.45) is 29.6 Å². The minimum absolute atomic E-state index is 0.350. The third kappa shape index (κ3) is 2.22. The molecule has 0 saturated heterocycles. The summed E-state index contributed by atoms with van der Waals surface area (Å²) in [6.07, 6.45) is 11.9. The van der Waals surface area contributed by atoms with Crippen LogP contribution in [0.25, 0.3) is 0 Å². The fourth-order valence-corrected chi connectivity index (χ4v) is 4.92. The number of allylic oxidation sites excluding steroid dienone is 1. The van der Waals surface area contributed by atoms with Gasteiger partial charge in [0.1, 0.15) is 0 Å². The number of carbonyl (C=O) groups is 1. The van der Waals surface area contributed by atoms with Gasteiger partial charge in [-0.1, -0.05) is 12.2 Å². The molecule has 1 N–H and O–H groups in total. The summed E-state index contributed by atoms with van der Waals surface area (Å²) in [5.74, 6) is 4.04. The van der Waals surface area contributed by atoms with E-state index in [0.29, 0.717) is 23.7 Å². The van der Waals surface area contributed by atoms with Crippen molar-refractivity contribution < 1.29 is 4.79 Å². The highest BCUT2D eigenvalue weighted by atomic mass is 16.1.